The van der Waals surface area contributed by atoms with E-state index in [9.17, 15) is 9.59 Å². The number of benzene rings is 3. The molecular formula is C23H20ClN3O3. The van der Waals surface area contributed by atoms with Crippen LogP contribution < -0.4 is 15.5 Å². The highest BCUT2D eigenvalue weighted by atomic mass is 35.5. The lowest BCUT2D eigenvalue weighted by Crippen LogP contribution is -2.25. The molecule has 152 valence electrons. The topological polar surface area (TPSA) is 79.8 Å². The van der Waals surface area contributed by atoms with Crippen LogP contribution in [0.1, 0.15) is 21.5 Å². The van der Waals surface area contributed by atoms with Gasteiger partial charge in [-0.15, -0.1) is 0 Å². The summed E-state index contributed by atoms with van der Waals surface area (Å²) in [5.74, 6) is -0.332. The van der Waals surface area contributed by atoms with Crippen molar-refractivity contribution in [2.75, 3.05) is 11.9 Å². The number of hydrogen-bond donors (Lipinski definition) is 2. The molecule has 30 heavy (non-hydrogen) atoms. The zero-order valence-electron chi connectivity index (χ0n) is 16.3. The number of hydrogen-bond acceptors (Lipinski definition) is 5. The van der Waals surface area contributed by atoms with Gasteiger partial charge < -0.3 is 10.1 Å². The fraction of sp³-hybridized carbons (Fsp3) is 0.0870. The molecule has 2 N–H and O–H groups in total. The van der Waals surface area contributed by atoms with E-state index in [0.29, 0.717) is 16.3 Å². The average molecular weight is 422 g/mol. The fourth-order valence-electron chi connectivity index (χ4n) is 2.53. The Bertz CT molecular complexity index is 1050. The number of nitrogens with one attached hydrogen (secondary N) is 2. The molecule has 7 heteroatoms. The largest absolute Gasteiger partial charge is 0.423 e. The lowest BCUT2D eigenvalue weighted by Gasteiger charge is -2.06. The van der Waals surface area contributed by atoms with Crippen molar-refractivity contribution in [2.24, 2.45) is 5.10 Å². The predicted molar refractivity (Wildman–Crippen MR) is 118 cm³/mol. The van der Waals surface area contributed by atoms with Gasteiger partial charge in [-0.2, -0.15) is 5.10 Å². The summed E-state index contributed by atoms with van der Waals surface area (Å²) in [4.78, 5) is 24.0. The molecule has 0 fully saturated rings. The Morgan fingerprint density at radius 2 is 1.77 bits per heavy atom. The summed E-state index contributed by atoms with van der Waals surface area (Å²) in [6.45, 7) is 2.10. The smallest absolute Gasteiger partial charge is 0.343 e. The van der Waals surface area contributed by atoms with E-state index in [2.05, 4.69) is 15.8 Å². The van der Waals surface area contributed by atoms with Crippen LogP contribution in [0.2, 0.25) is 5.02 Å². The zero-order valence-corrected chi connectivity index (χ0v) is 17.0. The molecule has 3 rings (SSSR count). The van der Waals surface area contributed by atoms with Crippen LogP contribution in [0.25, 0.3) is 0 Å². The summed E-state index contributed by atoms with van der Waals surface area (Å²) < 4.78 is 5.32. The molecule has 1 amide bonds. The van der Waals surface area contributed by atoms with E-state index in [1.165, 1.54) is 6.21 Å². The third-order valence-electron chi connectivity index (χ3n) is 4.04. The van der Waals surface area contributed by atoms with E-state index in [1.807, 2.05) is 31.2 Å². The molecule has 0 heterocycles. The molecule has 0 aromatic heterocycles. The second kappa shape index (κ2) is 10.2. The highest BCUT2D eigenvalue weighted by molar-refractivity contribution is 6.30. The Balaban J connectivity index is 1.46. The quantitative estimate of drug-likeness (QED) is 0.256. The number of esters is 1. The number of nitrogens with zero attached hydrogens (tertiary/aromatic N) is 1. The number of anilines is 1. The number of amides is 1. The van der Waals surface area contributed by atoms with Gasteiger partial charge in [0.2, 0.25) is 0 Å². The summed E-state index contributed by atoms with van der Waals surface area (Å²) in [5.41, 5.74) is 5.60. The van der Waals surface area contributed by atoms with Crippen LogP contribution in [0, 0.1) is 6.92 Å². The lowest BCUT2D eigenvalue weighted by molar-refractivity contribution is -0.119. The van der Waals surface area contributed by atoms with Crippen LogP contribution in [0.5, 0.6) is 5.75 Å². The second-order valence-corrected chi connectivity index (χ2v) is 6.92. The Hall–Kier alpha value is -3.64. The van der Waals surface area contributed by atoms with Crippen molar-refractivity contribution < 1.29 is 14.3 Å². The van der Waals surface area contributed by atoms with Crippen molar-refractivity contribution in [1.82, 2.24) is 5.43 Å². The van der Waals surface area contributed by atoms with Gasteiger partial charge in [0, 0.05) is 10.7 Å². The first-order valence-corrected chi connectivity index (χ1v) is 9.58. The number of hydrazone groups is 1. The lowest BCUT2D eigenvalue weighted by atomic mass is 10.2. The van der Waals surface area contributed by atoms with Crippen molar-refractivity contribution in [3.8, 4) is 5.75 Å². The molecule has 0 radical (unpaired) electrons. The standard InChI is InChI=1S/C23H20ClN3O3/c1-16-3-2-4-20(13-16)25-15-22(28)27-26-14-17-5-11-21(12-6-17)30-23(29)18-7-9-19(24)10-8-18/h2-14,25H,15H2,1H3,(H,27,28). The number of rotatable bonds is 7. The normalized spacial score (nSPS) is 10.6. The van der Waals surface area contributed by atoms with E-state index in [0.717, 1.165) is 16.8 Å². The van der Waals surface area contributed by atoms with Crippen LogP contribution in [-0.2, 0) is 4.79 Å². The van der Waals surface area contributed by atoms with E-state index in [1.54, 1.807) is 48.5 Å². The van der Waals surface area contributed by atoms with Gasteiger partial charge in [-0.25, -0.2) is 10.2 Å². The molecule has 0 unspecified atom stereocenters. The van der Waals surface area contributed by atoms with Gasteiger partial charge in [-0.1, -0.05) is 23.7 Å². The zero-order chi connectivity index (χ0) is 21.3. The Kier molecular flexibility index (Phi) is 7.19. The van der Waals surface area contributed by atoms with Gasteiger partial charge >= 0.3 is 5.97 Å². The molecule has 3 aromatic carbocycles. The maximum absolute atomic E-state index is 12.1. The molecule has 0 atom stereocenters. The molecular weight excluding hydrogens is 402 g/mol. The van der Waals surface area contributed by atoms with Crippen LogP contribution in [0.15, 0.2) is 77.9 Å². The third-order valence-corrected chi connectivity index (χ3v) is 4.30. The minimum Gasteiger partial charge on any atom is -0.423 e. The van der Waals surface area contributed by atoms with Gasteiger partial charge in [-0.05, 0) is 78.7 Å². The minimum atomic E-state index is -0.471. The second-order valence-electron chi connectivity index (χ2n) is 6.48. The molecule has 0 aliphatic carbocycles. The predicted octanol–water partition coefficient (Wildman–Crippen LogP) is 4.43. The Morgan fingerprint density at radius 3 is 2.47 bits per heavy atom. The van der Waals surface area contributed by atoms with Crippen molar-refractivity contribution in [3.05, 3.63) is 94.5 Å². The SMILES string of the molecule is Cc1cccc(NCC(=O)NN=Cc2ccc(OC(=O)c3ccc(Cl)cc3)cc2)c1. The molecule has 0 saturated carbocycles. The number of carbonyl (C=O) groups is 2. The summed E-state index contributed by atoms with van der Waals surface area (Å²) in [6.07, 6.45) is 1.51. The first-order chi connectivity index (χ1) is 14.5. The number of ether oxygens (including phenoxy) is 1. The first kappa shape index (κ1) is 21.1. The van der Waals surface area contributed by atoms with Crippen LogP contribution >= 0.6 is 11.6 Å². The Morgan fingerprint density at radius 1 is 1.03 bits per heavy atom. The van der Waals surface area contributed by atoms with E-state index in [-0.39, 0.29) is 12.5 Å². The average Bonchev–Trinajstić information content (AvgIpc) is 2.74. The van der Waals surface area contributed by atoms with E-state index < -0.39 is 5.97 Å². The highest BCUT2D eigenvalue weighted by Crippen LogP contribution is 2.15. The third kappa shape index (κ3) is 6.46. The first-order valence-electron chi connectivity index (χ1n) is 9.20. The number of aryl methyl sites for hydroxylation is 1. The van der Waals surface area contributed by atoms with Gasteiger partial charge in [0.05, 0.1) is 18.3 Å². The summed E-state index contributed by atoms with van der Waals surface area (Å²) in [7, 11) is 0. The molecule has 6 nitrogen and oxygen atoms in total. The molecule has 0 bridgehead atoms. The van der Waals surface area contributed by atoms with Crippen molar-refractivity contribution in [1.29, 1.82) is 0 Å². The molecule has 0 spiro atoms. The maximum Gasteiger partial charge on any atom is 0.343 e. The van der Waals surface area contributed by atoms with Crippen LogP contribution in [0.3, 0.4) is 0 Å². The van der Waals surface area contributed by atoms with Crippen LogP contribution in [-0.4, -0.2) is 24.6 Å². The summed E-state index contributed by atoms with van der Waals surface area (Å²) >= 11 is 5.81. The van der Waals surface area contributed by atoms with Crippen LogP contribution in [0.4, 0.5) is 5.69 Å². The monoisotopic (exact) mass is 421 g/mol. The molecule has 3 aromatic rings. The number of carbonyl (C=O) groups excluding carboxylic acids is 2. The fourth-order valence-corrected chi connectivity index (χ4v) is 2.66. The molecule has 0 aliphatic heterocycles. The van der Waals surface area contributed by atoms with Crippen molar-refractivity contribution in [2.45, 2.75) is 6.92 Å². The minimum absolute atomic E-state index is 0.111. The summed E-state index contributed by atoms with van der Waals surface area (Å²) in [6, 6.07) is 21.0. The number of halogens is 1. The van der Waals surface area contributed by atoms with Gasteiger partial charge in [-0.3, -0.25) is 4.79 Å². The van der Waals surface area contributed by atoms with E-state index in [4.69, 9.17) is 16.3 Å². The molecule has 0 saturated heterocycles. The van der Waals surface area contributed by atoms with Gasteiger partial charge in [0.1, 0.15) is 5.75 Å². The maximum atomic E-state index is 12.1. The van der Waals surface area contributed by atoms with E-state index >= 15 is 0 Å². The van der Waals surface area contributed by atoms with Crippen molar-refractivity contribution in [3.63, 3.8) is 0 Å². The highest BCUT2D eigenvalue weighted by Gasteiger charge is 2.08. The summed E-state index contributed by atoms with van der Waals surface area (Å²) in [5, 5.41) is 7.52. The molecule has 0 aliphatic rings. The Labute approximate surface area is 179 Å². The van der Waals surface area contributed by atoms with Gasteiger partial charge in [0.15, 0.2) is 0 Å². The van der Waals surface area contributed by atoms with Crippen molar-refractivity contribution >= 4 is 35.4 Å². The van der Waals surface area contributed by atoms with Gasteiger partial charge in [0.25, 0.3) is 5.91 Å².